The summed E-state index contributed by atoms with van der Waals surface area (Å²) >= 11 is 3.58. The number of benzene rings is 1. The van der Waals surface area contributed by atoms with E-state index in [1.165, 1.54) is 19.3 Å². The Labute approximate surface area is 169 Å². The lowest BCUT2D eigenvalue weighted by Crippen LogP contribution is -2.23. The Bertz CT molecular complexity index is 819. The first-order chi connectivity index (χ1) is 12.8. The van der Waals surface area contributed by atoms with E-state index in [1.807, 2.05) is 6.07 Å². The molecule has 1 aliphatic rings. The molecule has 1 N–H and O–H groups in total. The average molecular weight is 437 g/mol. The van der Waals surface area contributed by atoms with Gasteiger partial charge in [0.1, 0.15) is 22.9 Å². The number of hydrogen-bond donors (Lipinski definition) is 1. The van der Waals surface area contributed by atoms with E-state index in [-0.39, 0.29) is 12.2 Å². The highest BCUT2D eigenvalue weighted by molar-refractivity contribution is 9.10. The Morgan fingerprint density at radius 2 is 2.11 bits per heavy atom. The van der Waals surface area contributed by atoms with Crippen molar-refractivity contribution < 1.29 is 14.6 Å². The van der Waals surface area contributed by atoms with Crippen molar-refractivity contribution in [1.29, 1.82) is 0 Å². The summed E-state index contributed by atoms with van der Waals surface area (Å²) in [6.07, 6.45) is 6.97. The van der Waals surface area contributed by atoms with Crippen molar-refractivity contribution in [2.75, 3.05) is 7.11 Å². The minimum atomic E-state index is -0.917. The van der Waals surface area contributed by atoms with Crippen LogP contribution in [0.25, 0.3) is 11.0 Å². The Balaban J connectivity index is 1.73. The van der Waals surface area contributed by atoms with E-state index in [2.05, 4.69) is 26.6 Å². The van der Waals surface area contributed by atoms with Crippen molar-refractivity contribution >= 4 is 32.7 Å². The van der Waals surface area contributed by atoms with Crippen LogP contribution in [0.4, 0.5) is 0 Å². The number of ketones is 1. The zero-order chi connectivity index (χ0) is 19.6. The molecule has 0 radical (unpaired) electrons. The van der Waals surface area contributed by atoms with Crippen molar-refractivity contribution in [2.45, 2.75) is 76.9 Å². The molecule has 0 saturated heterocycles. The third kappa shape index (κ3) is 4.91. The molecule has 1 saturated carbocycles. The van der Waals surface area contributed by atoms with Crippen molar-refractivity contribution in [2.24, 2.45) is 0 Å². The predicted octanol–water partition coefficient (Wildman–Crippen LogP) is 4.98. The molecule has 1 aliphatic carbocycles. The van der Waals surface area contributed by atoms with Crippen LogP contribution in [-0.4, -0.2) is 33.2 Å². The van der Waals surface area contributed by atoms with Gasteiger partial charge in [-0.05, 0) is 58.1 Å². The molecule has 0 aliphatic heterocycles. The fourth-order valence-corrected chi connectivity index (χ4v) is 4.16. The van der Waals surface area contributed by atoms with E-state index in [9.17, 15) is 9.90 Å². The molecule has 6 heteroatoms. The second-order valence-electron chi connectivity index (χ2n) is 8.19. The number of aliphatic hydroxyl groups is 1. The molecule has 1 heterocycles. The summed E-state index contributed by atoms with van der Waals surface area (Å²) in [6, 6.07) is 4.60. The smallest absolute Gasteiger partial charge is 0.147 e. The number of Topliss-reactive ketones (excluding diaryl/α,β-unsaturated/α-hetero) is 1. The monoisotopic (exact) mass is 436 g/mol. The lowest BCUT2D eigenvalue weighted by Gasteiger charge is -2.29. The zero-order valence-corrected chi connectivity index (χ0v) is 18.0. The molecule has 1 fully saturated rings. The van der Waals surface area contributed by atoms with Crippen molar-refractivity contribution in [3.05, 3.63) is 22.4 Å². The molecule has 5 nitrogen and oxygen atoms in total. The number of imidazole rings is 1. The van der Waals surface area contributed by atoms with Crippen LogP contribution in [-0.2, 0) is 11.2 Å². The van der Waals surface area contributed by atoms with Gasteiger partial charge in [0.15, 0.2) is 0 Å². The Morgan fingerprint density at radius 3 is 2.70 bits per heavy atom. The predicted molar refractivity (Wildman–Crippen MR) is 110 cm³/mol. The second kappa shape index (κ2) is 8.31. The zero-order valence-electron chi connectivity index (χ0n) is 16.4. The quantitative estimate of drug-likeness (QED) is 0.563. The summed E-state index contributed by atoms with van der Waals surface area (Å²) in [7, 11) is 1.68. The molecule has 1 aromatic heterocycles. The maximum absolute atomic E-state index is 12.0. The topological polar surface area (TPSA) is 64.3 Å². The van der Waals surface area contributed by atoms with Gasteiger partial charge in [-0.15, -0.1) is 0 Å². The molecular formula is C21H29BrN2O3. The molecule has 148 valence electrons. The van der Waals surface area contributed by atoms with Gasteiger partial charge in [0.2, 0.25) is 0 Å². The lowest BCUT2D eigenvalue weighted by molar-refractivity contribution is -0.122. The van der Waals surface area contributed by atoms with Crippen LogP contribution in [0.3, 0.4) is 0 Å². The highest BCUT2D eigenvalue weighted by Gasteiger charge is 2.26. The van der Waals surface area contributed by atoms with Crippen LogP contribution in [0.2, 0.25) is 0 Å². The van der Waals surface area contributed by atoms with Crippen LogP contribution in [0.1, 0.15) is 70.7 Å². The first-order valence-electron chi connectivity index (χ1n) is 9.77. The number of fused-ring (bicyclic) bond motifs is 1. The molecular weight excluding hydrogens is 408 g/mol. The molecule has 0 unspecified atom stereocenters. The first kappa shape index (κ1) is 20.3. The van der Waals surface area contributed by atoms with E-state index in [1.54, 1.807) is 21.0 Å². The third-order valence-corrected chi connectivity index (χ3v) is 5.65. The van der Waals surface area contributed by atoms with Crippen LogP contribution < -0.4 is 4.74 Å². The fraction of sp³-hybridized carbons (Fsp3) is 0.619. The second-order valence-corrected chi connectivity index (χ2v) is 9.11. The average Bonchev–Trinajstić information content (AvgIpc) is 2.86. The number of aryl methyl sites for hydroxylation is 1. The Morgan fingerprint density at radius 1 is 1.37 bits per heavy atom. The Kier molecular flexibility index (Phi) is 6.26. The van der Waals surface area contributed by atoms with Gasteiger partial charge in [-0.3, -0.25) is 4.79 Å². The minimum absolute atomic E-state index is 0.126. The highest BCUT2D eigenvalue weighted by Crippen LogP contribution is 2.39. The van der Waals surface area contributed by atoms with Gasteiger partial charge in [-0.25, -0.2) is 4.98 Å². The summed E-state index contributed by atoms with van der Waals surface area (Å²) in [4.78, 5) is 16.9. The van der Waals surface area contributed by atoms with Crippen molar-refractivity contribution in [3.8, 4) is 5.75 Å². The van der Waals surface area contributed by atoms with Gasteiger partial charge < -0.3 is 14.4 Å². The van der Waals surface area contributed by atoms with Gasteiger partial charge >= 0.3 is 0 Å². The molecule has 0 spiro atoms. The summed E-state index contributed by atoms with van der Waals surface area (Å²) in [6.45, 7) is 3.36. The van der Waals surface area contributed by atoms with Gasteiger partial charge in [-0.2, -0.15) is 0 Å². The van der Waals surface area contributed by atoms with E-state index in [4.69, 9.17) is 9.72 Å². The van der Waals surface area contributed by atoms with Crippen LogP contribution >= 0.6 is 15.9 Å². The number of methoxy groups -OCH3 is 1. The third-order valence-electron chi connectivity index (χ3n) is 5.19. The summed E-state index contributed by atoms with van der Waals surface area (Å²) in [5.41, 5.74) is 1.12. The molecule has 0 atom stereocenters. The lowest BCUT2D eigenvalue weighted by atomic mass is 9.92. The Hall–Kier alpha value is -1.40. The van der Waals surface area contributed by atoms with E-state index >= 15 is 0 Å². The minimum Gasteiger partial charge on any atom is -0.494 e. The highest BCUT2D eigenvalue weighted by atomic mass is 79.9. The summed E-state index contributed by atoms with van der Waals surface area (Å²) in [5.74, 6) is 2.00. The van der Waals surface area contributed by atoms with Gasteiger partial charge in [-0.1, -0.05) is 15.9 Å². The van der Waals surface area contributed by atoms with Gasteiger partial charge in [0.25, 0.3) is 0 Å². The number of carbonyl (C=O) groups is 1. The first-order valence-corrected chi connectivity index (χ1v) is 10.6. The molecule has 3 rings (SSSR count). The van der Waals surface area contributed by atoms with Crippen LogP contribution in [0.15, 0.2) is 16.6 Å². The number of ether oxygens (including phenoxy) is 1. The van der Waals surface area contributed by atoms with Crippen molar-refractivity contribution in [1.82, 2.24) is 9.55 Å². The van der Waals surface area contributed by atoms with E-state index in [0.29, 0.717) is 12.5 Å². The number of aromatic nitrogens is 2. The fourth-order valence-electron chi connectivity index (χ4n) is 3.74. The van der Waals surface area contributed by atoms with Gasteiger partial charge in [0.05, 0.1) is 18.2 Å². The number of carbonyl (C=O) groups excluding carboxylic acids is 1. The maximum atomic E-state index is 12.0. The number of rotatable bonds is 9. The maximum Gasteiger partial charge on any atom is 0.147 e. The van der Waals surface area contributed by atoms with E-state index in [0.717, 1.165) is 46.3 Å². The summed E-state index contributed by atoms with van der Waals surface area (Å²) < 4.78 is 8.91. The normalized spacial score (nSPS) is 15.1. The SMILES string of the molecule is COc1cc(Br)cc2c1nc(CCCCC(=O)CC(C)(C)O)n2C1CCC1. The van der Waals surface area contributed by atoms with Crippen molar-refractivity contribution in [3.63, 3.8) is 0 Å². The molecule has 2 aromatic rings. The molecule has 0 bridgehead atoms. The number of halogens is 1. The standard InChI is InChI=1S/C21H29BrN2O3/c1-21(2,26)13-16(25)9-4-5-10-19-23-20-17(24(19)15-7-6-8-15)11-14(22)12-18(20)27-3/h11-12,15,26H,4-10,13H2,1-3H3. The number of hydrogen-bond acceptors (Lipinski definition) is 4. The van der Waals surface area contributed by atoms with Crippen LogP contribution in [0.5, 0.6) is 5.75 Å². The van der Waals surface area contributed by atoms with Crippen LogP contribution in [0, 0.1) is 0 Å². The molecule has 27 heavy (non-hydrogen) atoms. The summed E-state index contributed by atoms with van der Waals surface area (Å²) in [5, 5.41) is 9.76. The number of unbranched alkanes of at least 4 members (excludes halogenated alkanes) is 1. The van der Waals surface area contributed by atoms with Gasteiger partial charge in [0, 0.05) is 29.8 Å². The molecule has 1 aromatic carbocycles. The van der Waals surface area contributed by atoms with E-state index < -0.39 is 5.60 Å². The number of nitrogens with zero attached hydrogens (tertiary/aromatic N) is 2. The largest absolute Gasteiger partial charge is 0.494 e. The molecule has 0 amide bonds.